The van der Waals surface area contributed by atoms with E-state index in [0.717, 1.165) is 36.3 Å². The molecule has 0 radical (unpaired) electrons. The minimum Gasteiger partial charge on any atom is -0.356 e. The van der Waals surface area contributed by atoms with Crippen LogP contribution in [-0.2, 0) is 10.0 Å². The second kappa shape index (κ2) is 9.95. The molecule has 178 valence electrons. The Hall–Kier alpha value is -3.23. The van der Waals surface area contributed by atoms with Crippen LogP contribution in [-0.4, -0.2) is 37.8 Å². The molecule has 1 fully saturated rings. The van der Waals surface area contributed by atoms with Gasteiger partial charge < -0.3 is 10.2 Å². The fourth-order valence-electron chi connectivity index (χ4n) is 4.08. The first-order chi connectivity index (χ1) is 16.3. The van der Waals surface area contributed by atoms with Gasteiger partial charge in [0.2, 0.25) is 10.0 Å². The summed E-state index contributed by atoms with van der Waals surface area (Å²) in [5, 5.41) is 3.30. The minimum atomic E-state index is -3.99. The summed E-state index contributed by atoms with van der Waals surface area (Å²) in [4.78, 5) is 14.6. The smallest absolute Gasteiger partial charge is 0.258 e. The van der Waals surface area contributed by atoms with Crippen molar-refractivity contribution in [2.24, 2.45) is 0 Å². The maximum absolute atomic E-state index is 14.6. The summed E-state index contributed by atoms with van der Waals surface area (Å²) in [5.74, 6) is -1.24. The normalized spacial score (nSPS) is 14.4. The van der Waals surface area contributed by atoms with E-state index in [0.29, 0.717) is 18.8 Å². The summed E-state index contributed by atoms with van der Waals surface area (Å²) in [6.45, 7) is 4.47. The Kier molecular flexibility index (Phi) is 7.00. The summed E-state index contributed by atoms with van der Waals surface area (Å²) >= 11 is 0. The quantitative estimate of drug-likeness (QED) is 0.490. The van der Waals surface area contributed by atoms with Gasteiger partial charge in [0.15, 0.2) is 0 Å². The third-order valence-corrected chi connectivity index (χ3v) is 7.72. The van der Waals surface area contributed by atoms with Gasteiger partial charge in [0.1, 0.15) is 10.7 Å². The zero-order valence-electron chi connectivity index (χ0n) is 19.2. The number of carbonyl (C=O) groups is 1. The molecule has 0 saturated carbocycles. The Balaban J connectivity index is 1.61. The van der Waals surface area contributed by atoms with Gasteiger partial charge in [0, 0.05) is 41.8 Å². The number of amides is 1. The first kappa shape index (κ1) is 23.9. The fraction of sp³-hybridized carbons (Fsp3) is 0.269. The first-order valence-corrected chi connectivity index (χ1v) is 12.8. The van der Waals surface area contributed by atoms with Crippen LogP contribution in [0.1, 0.15) is 37.0 Å². The van der Waals surface area contributed by atoms with Crippen molar-refractivity contribution in [1.82, 2.24) is 4.31 Å². The van der Waals surface area contributed by atoms with Crippen LogP contribution in [0, 0.1) is 5.82 Å². The zero-order chi connectivity index (χ0) is 24.3. The van der Waals surface area contributed by atoms with Crippen LogP contribution in [0.25, 0.3) is 0 Å². The van der Waals surface area contributed by atoms with E-state index in [1.807, 2.05) is 68.4 Å². The highest BCUT2D eigenvalue weighted by Gasteiger charge is 2.31. The summed E-state index contributed by atoms with van der Waals surface area (Å²) in [6.07, 6.45) is 1.49. The van der Waals surface area contributed by atoms with Gasteiger partial charge in [-0.05, 0) is 81.3 Å². The SMILES string of the molecule is CC(C)N(C(=O)c1ccc(F)c(S(=O)(=O)N2CCCC2)c1)c1ccc(Nc2ccccc2)cc1. The number of halogens is 1. The number of nitrogens with zero attached hydrogens (tertiary/aromatic N) is 2. The molecule has 1 aliphatic rings. The number of sulfonamides is 1. The number of anilines is 3. The van der Waals surface area contributed by atoms with Crippen LogP contribution >= 0.6 is 0 Å². The highest BCUT2D eigenvalue weighted by Crippen LogP contribution is 2.27. The van der Waals surface area contributed by atoms with E-state index in [2.05, 4.69) is 5.32 Å². The van der Waals surface area contributed by atoms with Crippen molar-refractivity contribution in [3.63, 3.8) is 0 Å². The van der Waals surface area contributed by atoms with Gasteiger partial charge in [-0.3, -0.25) is 4.79 Å². The van der Waals surface area contributed by atoms with Crippen molar-refractivity contribution in [3.8, 4) is 0 Å². The molecule has 1 amide bonds. The third-order valence-electron chi connectivity index (χ3n) is 5.80. The van der Waals surface area contributed by atoms with Gasteiger partial charge in [-0.25, -0.2) is 12.8 Å². The second-order valence-corrected chi connectivity index (χ2v) is 10.5. The summed E-state index contributed by atoms with van der Waals surface area (Å²) in [5.41, 5.74) is 2.60. The lowest BCUT2D eigenvalue weighted by atomic mass is 10.1. The molecule has 6 nitrogen and oxygen atoms in total. The number of carbonyl (C=O) groups excluding carboxylic acids is 1. The predicted octanol–water partition coefficient (Wildman–Crippen LogP) is 5.41. The molecule has 3 aromatic rings. The van der Waals surface area contributed by atoms with Crippen molar-refractivity contribution in [2.45, 2.75) is 37.6 Å². The van der Waals surface area contributed by atoms with Crippen LogP contribution in [0.4, 0.5) is 21.5 Å². The van der Waals surface area contributed by atoms with E-state index in [9.17, 15) is 17.6 Å². The Morgan fingerprint density at radius 1 is 0.941 bits per heavy atom. The van der Waals surface area contributed by atoms with Gasteiger partial charge in [-0.15, -0.1) is 0 Å². The lowest BCUT2D eigenvalue weighted by Gasteiger charge is -2.27. The molecule has 0 aromatic heterocycles. The molecule has 4 rings (SSSR count). The monoisotopic (exact) mass is 481 g/mol. The van der Waals surface area contributed by atoms with Crippen molar-refractivity contribution < 1.29 is 17.6 Å². The first-order valence-electron chi connectivity index (χ1n) is 11.3. The number of hydrogen-bond acceptors (Lipinski definition) is 4. The van der Waals surface area contributed by atoms with Gasteiger partial charge in [-0.1, -0.05) is 18.2 Å². The molecule has 0 spiro atoms. The third kappa shape index (κ3) is 4.98. The van der Waals surface area contributed by atoms with E-state index in [-0.39, 0.29) is 11.6 Å². The van der Waals surface area contributed by atoms with Gasteiger partial charge in [0.05, 0.1) is 0 Å². The Labute approximate surface area is 200 Å². The predicted molar refractivity (Wildman–Crippen MR) is 133 cm³/mol. The molecule has 8 heteroatoms. The molecule has 0 unspecified atom stereocenters. The average Bonchev–Trinajstić information content (AvgIpc) is 3.37. The molecule has 1 N–H and O–H groups in total. The van der Waals surface area contributed by atoms with E-state index in [4.69, 9.17) is 0 Å². The number of rotatable bonds is 7. The Morgan fingerprint density at radius 3 is 2.18 bits per heavy atom. The molecular formula is C26H28FN3O3S. The van der Waals surface area contributed by atoms with Crippen LogP contribution < -0.4 is 10.2 Å². The van der Waals surface area contributed by atoms with Gasteiger partial charge in [-0.2, -0.15) is 4.31 Å². The number of nitrogens with one attached hydrogen (secondary N) is 1. The molecule has 0 aliphatic carbocycles. The maximum Gasteiger partial charge on any atom is 0.258 e. The standard InChI is InChI=1S/C26H28FN3O3S/c1-19(2)30(23-13-11-22(12-14-23)28-21-8-4-3-5-9-21)26(31)20-10-15-24(27)25(18-20)34(32,33)29-16-6-7-17-29/h3-5,8-15,18-19,28H,6-7,16-17H2,1-2H3. The van der Waals surface area contributed by atoms with Gasteiger partial charge in [0.25, 0.3) is 5.91 Å². The molecule has 0 bridgehead atoms. The number of hydrogen-bond donors (Lipinski definition) is 1. The Bertz CT molecular complexity index is 1260. The molecule has 1 aliphatic heterocycles. The lowest BCUT2D eigenvalue weighted by molar-refractivity contribution is 0.0980. The van der Waals surface area contributed by atoms with E-state index >= 15 is 0 Å². The van der Waals surface area contributed by atoms with E-state index < -0.39 is 26.6 Å². The highest BCUT2D eigenvalue weighted by atomic mass is 32.2. The van der Waals surface area contributed by atoms with Crippen molar-refractivity contribution in [3.05, 3.63) is 84.2 Å². The van der Waals surface area contributed by atoms with Crippen molar-refractivity contribution in [2.75, 3.05) is 23.3 Å². The lowest BCUT2D eigenvalue weighted by Crippen LogP contribution is -2.37. The Morgan fingerprint density at radius 2 is 1.56 bits per heavy atom. The van der Waals surface area contributed by atoms with Crippen LogP contribution in [0.15, 0.2) is 77.7 Å². The fourth-order valence-corrected chi connectivity index (χ4v) is 5.69. The maximum atomic E-state index is 14.6. The number of benzene rings is 3. The molecule has 3 aromatic carbocycles. The molecular weight excluding hydrogens is 453 g/mol. The highest BCUT2D eigenvalue weighted by molar-refractivity contribution is 7.89. The summed E-state index contributed by atoms with van der Waals surface area (Å²) < 4.78 is 41.7. The van der Waals surface area contributed by atoms with Crippen LogP contribution in [0.5, 0.6) is 0 Å². The van der Waals surface area contributed by atoms with Crippen molar-refractivity contribution >= 4 is 33.0 Å². The van der Waals surface area contributed by atoms with Crippen molar-refractivity contribution in [1.29, 1.82) is 0 Å². The molecule has 1 heterocycles. The molecule has 0 atom stereocenters. The number of para-hydroxylation sites is 1. The zero-order valence-corrected chi connectivity index (χ0v) is 20.1. The van der Waals surface area contributed by atoms with E-state index in [1.54, 1.807) is 4.90 Å². The van der Waals surface area contributed by atoms with Crippen LogP contribution in [0.2, 0.25) is 0 Å². The topological polar surface area (TPSA) is 69.7 Å². The largest absolute Gasteiger partial charge is 0.356 e. The molecule has 1 saturated heterocycles. The van der Waals surface area contributed by atoms with E-state index in [1.165, 1.54) is 10.4 Å². The summed E-state index contributed by atoms with van der Waals surface area (Å²) in [6, 6.07) is 20.5. The second-order valence-electron chi connectivity index (χ2n) is 8.56. The average molecular weight is 482 g/mol. The molecule has 34 heavy (non-hydrogen) atoms. The minimum absolute atomic E-state index is 0.124. The van der Waals surface area contributed by atoms with Crippen LogP contribution in [0.3, 0.4) is 0 Å². The summed E-state index contributed by atoms with van der Waals surface area (Å²) in [7, 11) is -3.99. The van der Waals surface area contributed by atoms with Gasteiger partial charge >= 0.3 is 0 Å².